The average Bonchev–Trinajstić information content (AvgIpc) is 2.29. The number of rotatable bonds is 2. The molecule has 0 saturated carbocycles. The summed E-state index contributed by atoms with van der Waals surface area (Å²) in [6.07, 6.45) is 0. The summed E-state index contributed by atoms with van der Waals surface area (Å²) >= 11 is 5.88. The number of aliphatic hydroxyl groups is 1. The van der Waals surface area contributed by atoms with E-state index in [0.29, 0.717) is 16.1 Å². The fourth-order valence-corrected chi connectivity index (χ4v) is 1.94. The summed E-state index contributed by atoms with van der Waals surface area (Å²) in [7, 11) is 0. The molecule has 0 radical (unpaired) electrons. The molecule has 0 aliphatic rings. The van der Waals surface area contributed by atoms with Crippen LogP contribution in [-0.4, -0.2) is 5.11 Å². The van der Waals surface area contributed by atoms with Gasteiger partial charge in [0.1, 0.15) is 11.4 Å². The molecule has 0 amide bonds. The van der Waals surface area contributed by atoms with Gasteiger partial charge in [0, 0.05) is 5.02 Å². The molecule has 2 rings (SSSR count). The summed E-state index contributed by atoms with van der Waals surface area (Å²) in [5.74, 6) is -0.371. The lowest BCUT2D eigenvalue weighted by molar-refractivity contribution is 0.102. The standard InChI is InChI=1S/C14H12ClFO/c1-14(17,10-4-2-6-12(15)8-10)11-5-3-7-13(16)9-11/h2-9,17H,1H3. The van der Waals surface area contributed by atoms with E-state index in [2.05, 4.69) is 0 Å². The van der Waals surface area contributed by atoms with Crippen LogP contribution in [-0.2, 0) is 5.60 Å². The first-order valence-electron chi connectivity index (χ1n) is 5.24. The third-order valence-corrected chi connectivity index (χ3v) is 3.01. The molecule has 0 fully saturated rings. The van der Waals surface area contributed by atoms with Crippen LogP contribution in [0.1, 0.15) is 18.1 Å². The van der Waals surface area contributed by atoms with Crippen LogP contribution in [0, 0.1) is 5.82 Å². The van der Waals surface area contributed by atoms with Crippen molar-refractivity contribution in [3.05, 3.63) is 70.5 Å². The molecule has 17 heavy (non-hydrogen) atoms. The Kier molecular flexibility index (Phi) is 3.18. The molecular formula is C14H12ClFO. The van der Waals surface area contributed by atoms with Crippen molar-refractivity contribution in [1.29, 1.82) is 0 Å². The fourth-order valence-electron chi connectivity index (χ4n) is 1.75. The van der Waals surface area contributed by atoms with E-state index in [1.807, 2.05) is 0 Å². The quantitative estimate of drug-likeness (QED) is 0.861. The van der Waals surface area contributed by atoms with Gasteiger partial charge >= 0.3 is 0 Å². The minimum Gasteiger partial charge on any atom is -0.381 e. The molecule has 0 aliphatic carbocycles. The lowest BCUT2D eigenvalue weighted by Gasteiger charge is -2.24. The summed E-state index contributed by atoms with van der Waals surface area (Å²) in [5.41, 5.74) is -0.122. The highest BCUT2D eigenvalue weighted by Gasteiger charge is 2.25. The van der Waals surface area contributed by atoms with Crippen molar-refractivity contribution < 1.29 is 9.50 Å². The van der Waals surface area contributed by atoms with E-state index < -0.39 is 5.60 Å². The highest BCUT2D eigenvalue weighted by molar-refractivity contribution is 6.30. The summed E-state index contributed by atoms with van der Waals surface area (Å²) in [6.45, 7) is 1.62. The Hall–Kier alpha value is -1.38. The molecule has 1 nitrogen and oxygen atoms in total. The minimum atomic E-state index is -1.26. The maximum atomic E-state index is 13.2. The minimum absolute atomic E-state index is 0.371. The normalized spacial score (nSPS) is 14.4. The van der Waals surface area contributed by atoms with Crippen molar-refractivity contribution >= 4 is 11.6 Å². The first kappa shape index (κ1) is 12.1. The summed E-state index contributed by atoms with van der Waals surface area (Å²) in [4.78, 5) is 0. The second-order valence-corrected chi connectivity index (χ2v) is 4.53. The van der Waals surface area contributed by atoms with Crippen LogP contribution in [0.3, 0.4) is 0 Å². The molecule has 1 unspecified atom stereocenters. The highest BCUT2D eigenvalue weighted by atomic mass is 35.5. The Morgan fingerprint density at radius 2 is 1.65 bits per heavy atom. The topological polar surface area (TPSA) is 20.2 Å². The van der Waals surface area contributed by atoms with Gasteiger partial charge in [0.15, 0.2) is 0 Å². The van der Waals surface area contributed by atoms with Crippen molar-refractivity contribution in [2.75, 3.05) is 0 Å². The molecule has 0 heterocycles. The van der Waals surface area contributed by atoms with Crippen LogP contribution in [0.15, 0.2) is 48.5 Å². The van der Waals surface area contributed by atoms with Crippen molar-refractivity contribution in [3.63, 3.8) is 0 Å². The monoisotopic (exact) mass is 250 g/mol. The summed E-state index contributed by atoms with van der Waals surface area (Å²) in [5, 5.41) is 11.0. The SMILES string of the molecule is CC(O)(c1cccc(F)c1)c1cccc(Cl)c1. The summed E-state index contributed by atoms with van der Waals surface area (Å²) < 4.78 is 13.2. The van der Waals surface area contributed by atoms with Gasteiger partial charge in [0.05, 0.1) is 0 Å². The average molecular weight is 251 g/mol. The Balaban J connectivity index is 2.49. The zero-order valence-electron chi connectivity index (χ0n) is 9.32. The third kappa shape index (κ3) is 2.48. The lowest BCUT2D eigenvalue weighted by Crippen LogP contribution is -2.22. The van der Waals surface area contributed by atoms with Gasteiger partial charge in [-0.2, -0.15) is 0 Å². The molecule has 88 valence electrons. The zero-order valence-corrected chi connectivity index (χ0v) is 10.1. The molecule has 0 saturated heterocycles. The number of hydrogen-bond acceptors (Lipinski definition) is 1. The first-order valence-corrected chi connectivity index (χ1v) is 5.62. The van der Waals surface area contributed by atoms with Gasteiger partial charge in [-0.15, -0.1) is 0 Å². The molecule has 0 bridgehead atoms. The van der Waals surface area contributed by atoms with Gasteiger partial charge in [-0.1, -0.05) is 35.9 Å². The van der Waals surface area contributed by atoms with Crippen molar-refractivity contribution in [2.24, 2.45) is 0 Å². The van der Waals surface area contributed by atoms with Crippen LogP contribution in [0.2, 0.25) is 5.02 Å². The number of halogens is 2. The zero-order chi connectivity index (χ0) is 12.5. The Morgan fingerprint density at radius 1 is 1.06 bits per heavy atom. The van der Waals surface area contributed by atoms with Crippen LogP contribution in [0.25, 0.3) is 0 Å². The molecule has 2 aromatic rings. The molecule has 3 heteroatoms. The van der Waals surface area contributed by atoms with E-state index in [1.54, 1.807) is 43.3 Å². The first-order chi connectivity index (χ1) is 8.00. The summed E-state index contributed by atoms with van der Waals surface area (Å²) in [6, 6.07) is 12.8. The van der Waals surface area contributed by atoms with E-state index >= 15 is 0 Å². The van der Waals surface area contributed by atoms with Gasteiger partial charge in [-0.25, -0.2) is 4.39 Å². The van der Waals surface area contributed by atoms with Gasteiger partial charge in [-0.3, -0.25) is 0 Å². The number of benzene rings is 2. The Labute approximate surface area is 104 Å². The van der Waals surface area contributed by atoms with Gasteiger partial charge in [-0.05, 0) is 42.3 Å². The predicted molar refractivity (Wildman–Crippen MR) is 66.5 cm³/mol. The van der Waals surface area contributed by atoms with Crippen molar-refractivity contribution in [1.82, 2.24) is 0 Å². The maximum absolute atomic E-state index is 13.2. The molecule has 1 N–H and O–H groups in total. The Bertz CT molecular complexity index is 490. The fraction of sp³-hybridized carbons (Fsp3) is 0.143. The van der Waals surface area contributed by atoms with E-state index in [-0.39, 0.29) is 5.82 Å². The lowest BCUT2D eigenvalue weighted by atomic mass is 9.88. The molecule has 0 spiro atoms. The molecule has 0 aromatic heterocycles. The van der Waals surface area contributed by atoms with Crippen molar-refractivity contribution in [3.8, 4) is 0 Å². The third-order valence-electron chi connectivity index (χ3n) is 2.77. The second kappa shape index (κ2) is 4.47. The van der Waals surface area contributed by atoms with E-state index in [9.17, 15) is 9.50 Å². The predicted octanol–water partition coefficient (Wildman–Crippen LogP) is 3.73. The van der Waals surface area contributed by atoms with Crippen LogP contribution < -0.4 is 0 Å². The van der Waals surface area contributed by atoms with E-state index in [4.69, 9.17) is 11.6 Å². The van der Waals surface area contributed by atoms with Gasteiger partial charge < -0.3 is 5.11 Å². The van der Waals surface area contributed by atoms with E-state index in [1.165, 1.54) is 12.1 Å². The molecule has 0 aliphatic heterocycles. The van der Waals surface area contributed by atoms with Crippen LogP contribution >= 0.6 is 11.6 Å². The smallest absolute Gasteiger partial charge is 0.123 e. The molecule has 2 aromatic carbocycles. The maximum Gasteiger partial charge on any atom is 0.123 e. The van der Waals surface area contributed by atoms with Crippen LogP contribution in [0.4, 0.5) is 4.39 Å². The van der Waals surface area contributed by atoms with Crippen LogP contribution in [0.5, 0.6) is 0 Å². The molecule has 1 atom stereocenters. The largest absolute Gasteiger partial charge is 0.381 e. The van der Waals surface area contributed by atoms with Gasteiger partial charge in [0.2, 0.25) is 0 Å². The Morgan fingerprint density at radius 3 is 2.24 bits per heavy atom. The van der Waals surface area contributed by atoms with E-state index in [0.717, 1.165) is 0 Å². The second-order valence-electron chi connectivity index (χ2n) is 4.09. The van der Waals surface area contributed by atoms with Gasteiger partial charge in [0.25, 0.3) is 0 Å². The molecular weight excluding hydrogens is 239 g/mol. The number of hydrogen-bond donors (Lipinski definition) is 1. The highest BCUT2D eigenvalue weighted by Crippen LogP contribution is 2.30. The van der Waals surface area contributed by atoms with Crippen molar-refractivity contribution in [2.45, 2.75) is 12.5 Å².